The molecule has 0 aliphatic carbocycles. The van der Waals surface area contributed by atoms with Crippen molar-refractivity contribution >= 4 is 0 Å². The number of nitrogens with zero attached hydrogens (tertiary/aromatic N) is 1. The minimum Gasteiger partial charge on any atom is -0.497 e. The highest BCUT2D eigenvalue weighted by atomic mass is 16.5. The van der Waals surface area contributed by atoms with E-state index in [9.17, 15) is 0 Å². The van der Waals surface area contributed by atoms with Crippen molar-refractivity contribution in [1.29, 1.82) is 0 Å². The van der Waals surface area contributed by atoms with Crippen molar-refractivity contribution in [2.45, 2.75) is 38.8 Å². The van der Waals surface area contributed by atoms with Crippen molar-refractivity contribution in [3.8, 4) is 5.75 Å². The zero-order valence-electron chi connectivity index (χ0n) is 13.7. The molecule has 118 valence electrons. The molecular formula is C17H28N2O2. The first-order valence-corrected chi connectivity index (χ1v) is 7.76. The van der Waals surface area contributed by atoms with Crippen LogP contribution in [0.5, 0.6) is 5.75 Å². The molecule has 1 saturated heterocycles. The number of hydrogen-bond acceptors (Lipinski definition) is 4. The summed E-state index contributed by atoms with van der Waals surface area (Å²) in [4.78, 5) is 2.48. The van der Waals surface area contributed by atoms with E-state index in [0.717, 1.165) is 38.5 Å². The van der Waals surface area contributed by atoms with Crippen molar-refractivity contribution in [3.05, 3.63) is 29.3 Å². The quantitative estimate of drug-likeness (QED) is 0.906. The topological polar surface area (TPSA) is 47.7 Å². The summed E-state index contributed by atoms with van der Waals surface area (Å²) in [5.41, 5.74) is 9.02. The smallest absolute Gasteiger partial charge is 0.119 e. The maximum absolute atomic E-state index is 6.68. The van der Waals surface area contributed by atoms with E-state index in [1.54, 1.807) is 7.11 Å². The molecule has 2 rings (SSSR count). The standard InChI is InChI=1S/C17H28N2O2/c1-5-17(3,19-8-10-21-11-9-19)16(18)15-7-6-14(20-4)12-13(15)2/h6-7,12,16H,5,8-11,18H2,1-4H3. The van der Waals surface area contributed by atoms with E-state index in [1.807, 2.05) is 6.07 Å². The third kappa shape index (κ3) is 3.23. The second kappa shape index (κ2) is 6.77. The van der Waals surface area contributed by atoms with Gasteiger partial charge in [0.05, 0.1) is 20.3 Å². The summed E-state index contributed by atoms with van der Waals surface area (Å²) in [5, 5.41) is 0. The van der Waals surface area contributed by atoms with Gasteiger partial charge in [-0.3, -0.25) is 4.90 Å². The predicted molar refractivity (Wildman–Crippen MR) is 85.7 cm³/mol. The van der Waals surface area contributed by atoms with Crippen LogP contribution >= 0.6 is 0 Å². The van der Waals surface area contributed by atoms with Crippen LogP contribution in [0.3, 0.4) is 0 Å². The van der Waals surface area contributed by atoms with Crippen LogP contribution in [0.2, 0.25) is 0 Å². The van der Waals surface area contributed by atoms with Crippen LogP contribution in [0.1, 0.15) is 37.4 Å². The van der Waals surface area contributed by atoms with Crippen LogP contribution in [-0.2, 0) is 4.74 Å². The Labute approximate surface area is 128 Å². The highest BCUT2D eigenvalue weighted by molar-refractivity contribution is 5.38. The molecule has 0 aromatic heterocycles. The molecule has 1 aliphatic rings. The fourth-order valence-electron chi connectivity index (χ4n) is 3.17. The Hall–Kier alpha value is -1.10. The second-order valence-electron chi connectivity index (χ2n) is 6.01. The first kappa shape index (κ1) is 16.3. The molecule has 1 fully saturated rings. The summed E-state index contributed by atoms with van der Waals surface area (Å²) in [7, 11) is 1.69. The first-order valence-electron chi connectivity index (χ1n) is 7.76. The molecule has 0 amide bonds. The Kier molecular flexibility index (Phi) is 5.25. The van der Waals surface area contributed by atoms with Gasteiger partial charge in [-0.05, 0) is 43.5 Å². The van der Waals surface area contributed by atoms with Crippen molar-refractivity contribution < 1.29 is 9.47 Å². The van der Waals surface area contributed by atoms with E-state index < -0.39 is 0 Å². The molecule has 1 aromatic carbocycles. The van der Waals surface area contributed by atoms with Crippen LogP contribution < -0.4 is 10.5 Å². The number of benzene rings is 1. The Balaban J connectivity index is 2.28. The van der Waals surface area contributed by atoms with Gasteiger partial charge in [0.2, 0.25) is 0 Å². The van der Waals surface area contributed by atoms with Gasteiger partial charge in [0.1, 0.15) is 5.75 Å². The summed E-state index contributed by atoms with van der Waals surface area (Å²) in [5.74, 6) is 0.882. The minimum absolute atomic E-state index is 0.0218. The molecule has 0 spiro atoms. The van der Waals surface area contributed by atoms with Gasteiger partial charge in [0, 0.05) is 24.7 Å². The lowest BCUT2D eigenvalue weighted by atomic mass is 9.81. The van der Waals surface area contributed by atoms with Crippen LogP contribution in [-0.4, -0.2) is 43.9 Å². The molecule has 1 aliphatic heterocycles. The van der Waals surface area contributed by atoms with Crippen molar-refractivity contribution in [1.82, 2.24) is 4.90 Å². The number of rotatable bonds is 5. The molecular weight excluding hydrogens is 264 g/mol. The van der Waals surface area contributed by atoms with Gasteiger partial charge in [-0.1, -0.05) is 13.0 Å². The number of methoxy groups -OCH3 is 1. The molecule has 4 heteroatoms. The molecule has 1 aromatic rings. The summed E-state index contributed by atoms with van der Waals surface area (Å²) in [6.45, 7) is 10.1. The molecule has 21 heavy (non-hydrogen) atoms. The molecule has 0 bridgehead atoms. The lowest BCUT2D eigenvalue weighted by Gasteiger charge is -2.47. The molecule has 2 atom stereocenters. The van der Waals surface area contributed by atoms with E-state index in [-0.39, 0.29) is 11.6 Å². The zero-order valence-corrected chi connectivity index (χ0v) is 13.7. The van der Waals surface area contributed by atoms with Crippen molar-refractivity contribution in [3.63, 3.8) is 0 Å². The number of morpholine rings is 1. The highest BCUT2D eigenvalue weighted by Gasteiger charge is 2.38. The van der Waals surface area contributed by atoms with E-state index in [1.165, 1.54) is 11.1 Å². The fourth-order valence-corrected chi connectivity index (χ4v) is 3.17. The SMILES string of the molecule is CCC(C)(C(N)c1ccc(OC)cc1C)N1CCOCC1. The van der Waals surface area contributed by atoms with Gasteiger partial charge >= 0.3 is 0 Å². The van der Waals surface area contributed by atoms with Gasteiger partial charge < -0.3 is 15.2 Å². The Morgan fingerprint density at radius 1 is 1.38 bits per heavy atom. The zero-order chi connectivity index (χ0) is 15.5. The molecule has 0 radical (unpaired) electrons. The lowest BCUT2D eigenvalue weighted by Crippen LogP contribution is -2.56. The Morgan fingerprint density at radius 3 is 2.57 bits per heavy atom. The average molecular weight is 292 g/mol. The Bertz CT molecular complexity index is 472. The number of ether oxygens (including phenoxy) is 2. The Morgan fingerprint density at radius 2 is 2.05 bits per heavy atom. The third-order valence-corrected chi connectivity index (χ3v) is 4.93. The van der Waals surface area contributed by atoms with Crippen LogP contribution in [0, 0.1) is 6.92 Å². The van der Waals surface area contributed by atoms with Gasteiger partial charge in [-0.25, -0.2) is 0 Å². The van der Waals surface area contributed by atoms with Crippen LogP contribution in [0.15, 0.2) is 18.2 Å². The maximum Gasteiger partial charge on any atom is 0.119 e. The number of nitrogens with two attached hydrogens (primary N) is 1. The number of aryl methyl sites for hydroxylation is 1. The van der Waals surface area contributed by atoms with Gasteiger partial charge in [0.25, 0.3) is 0 Å². The largest absolute Gasteiger partial charge is 0.497 e. The highest BCUT2D eigenvalue weighted by Crippen LogP contribution is 2.35. The molecule has 2 N–H and O–H groups in total. The third-order valence-electron chi connectivity index (χ3n) is 4.93. The molecule has 2 unspecified atom stereocenters. The maximum atomic E-state index is 6.68. The summed E-state index contributed by atoms with van der Waals surface area (Å²) < 4.78 is 10.8. The molecule has 4 nitrogen and oxygen atoms in total. The predicted octanol–water partition coefficient (Wildman–Crippen LogP) is 2.50. The summed E-state index contributed by atoms with van der Waals surface area (Å²) in [6.07, 6.45) is 1.01. The van der Waals surface area contributed by atoms with Gasteiger partial charge in [-0.2, -0.15) is 0 Å². The normalized spacial score (nSPS) is 20.8. The van der Waals surface area contributed by atoms with Crippen LogP contribution in [0.25, 0.3) is 0 Å². The van der Waals surface area contributed by atoms with Crippen LogP contribution in [0.4, 0.5) is 0 Å². The van der Waals surface area contributed by atoms with Crippen molar-refractivity contribution in [2.75, 3.05) is 33.4 Å². The average Bonchev–Trinajstić information content (AvgIpc) is 2.54. The monoisotopic (exact) mass is 292 g/mol. The van der Waals surface area contributed by atoms with Gasteiger partial charge in [-0.15, -0.1) is 0 Å². The molecule has 0 saturated carbocycles. The van der Waals surface area contributed by atoms with Gasteiger partial charge in [0.15, 0.2) is 0 Å². The van der Waals surface area contributed by atoms with E-state index >= 15 is 0 Å². The van der Waals surface area contributed by atoms with Crippen molar-refractivity contribution in [2.24, 2.45) is 5.73 Å². The molecule has 1 heterocycles. The first-order chi connectivity index (χ1) is 10.0. The second-order valence-corrected chi connectivity index (χ2v) is 6.01. The van der Waals surface area contributed by atoms with E-state index in [4.69, 9.17) is 15.2 Å². The number of hydrogen-bond donors (Lipinski definition) is 1. The van der Waals surface area contributed by atoms with E-state index in [2.05, 4.69) is 37.8 Å². The summed E-state index contributed by atoms with van der Waals surface area (Å²) in [6, 6.07) is 6.14. The van der Waals surface area contributed by atoms with E-state index in [0.29, 0.717) is 0 Å². The fraction of sp³-hybridized carbons (Fsp3) is 0.647. The minimum atomic E-state index is -0.0525. The lowest BCUT2D eigenvalue weighted by molar-refractivity contribution is -0.0278. The summed E-state index contributed by atoms with van der Waals surface area (Å²) >= 11 is 0.